The minimum absolute atomic E-state index is 0.128. The number of nitrogens with zero attached hydrogens (tertiary/aromatic N) is 1. The van der Waals surface area contributed by atoms with Crippen molar-refractivity contribution < 1.29 is 14.3 Å². The van der Waals surface area contributed by atoms with E-state index >= 15 is 0 Å². The number of methoxy groups -OCH3 is 1. The zero-order valence-electron chi connectivity index (χ0n) is 12.0. The number of ether oxygens (including phenoxy) is 2. The molecule has 114 valence electrons. The minimum Gasteiger partial charge on any atom is -0.497 e. The smallest absolute Gasteiger partial charge is 0.277 e. The zero-order chi connectivity index (χ0) is 15.8. The molecule has 2 aromatic rings. The summed E-state index contributed by atoms with van der Waals surface area (Å²) >= 11 is 3.35. The number of hydrazone groups is 1. The van der Waals surface area contributed by atoms with Gasteiger partial charge < -0.3 is 9.47 Å². The average molecular weight is 363 g/mol. The predicted octanol–water partition coefficient (Wildman–Crippen LogP) is 2.99. The van der Waals surface area contributed by atoms with Gasteiger partial charge in [0.05, 0.1) is 17.8 Å². The number of nitrogens with one attached hydrogen (secondary N) is 1. The number of hydrogen-bond acceptors (Lipinski definition) is 4. The molecular weight excluding hydrogens is 348 g/mol. The maximum Gasteiger partial charge on any atom is 0.277 e. The Morgan fingerprint density at radius 3 is 2.73 bits per heavy atom. The quantitative estimate of drug-likeness (QED) is 0.634. The van der Waals surface area contributed by atoms with E-state index in [4.69, 9.17) is 9.47 Å². The molecule has 0 aliphatic rings. The van der Waals surface area contributed by atoms with Crippen LogP contribution in [-0.2, 0) is 4.79 Å². The van der Waals surface area contributed by atoms with E-state index in [0.717, 1.165) is 5.56 Å². The summed E-state index contributed by atoms with van der Waals surface area (Å²) < 4.78 is 11.2. The second-order valence-corrected chi connectivity index (χ2v) is 5.14. The summed E-state index contributed by atoms with van der Waals surface area (Å²) in [6.07, 6.45) is 1.57. The van der Waals surface area contributed by atoms with Gasteiger partial charge in [0, 0.05) is 0 Å². The highest BCUT2D eigenvalue weighted by Crippen LogP contribution is 2.28. The fourth-order valence-electron chi connectivity index (χ4n) is 1.62. The number of benzene rings is 2. The van der Waals surface area contributed by atoms with Crippen LogP contribution in [0, 0.1) is 0 Å². The Morgan fingerprint density at radius 1 is 1.27 bits per heavy atom. The molecule has 5 nitrogen and oxygen atoms in total. The Balaban J connectivity index is 1.82. The Morgan fingerprint density at radius 2 is 2.05 bits per heavy atom. The molecule has 0 bridgehead atoms. The zero-order valence-corrected chi connectivity index (χ0v) is 13.5. The fraction of sp³-hybridized carbons (Fsp3) is 0.125. The average Bonchev–Trinajstić information content (AvgIpc) is 2.54. The van der Waals surface area contributed by atoms with Crippen molar-refractivity contribution in [3.05, 3.63) is 58.6 Å². The molecule has 2 rings (SSSR count). The molecule has 1 amide bonds. The maximum atomic E-state index is 11.7. The van der Waals surface area contributed by atoms with Crippen molar-refractivity contribution in [1.82, 2.24) is 5.43 Å². The number of carbonyl (C=O) groups is 1. The van der Waals surface area contributed by atoms with Gasteiger partial charge in [0.2, 0.25) is 0 Å². The van der Waals surface area contributed by atoms with Crippen LogP contribution < -0.4 is 14.9 Å². The third kappa shape index (κ3) is 4.89. The Kier molecular flexibility index (Phi) is 5.97. The van der Waals surface area contributed by atoms with Gasteiger partial charge in [-0.25, -0.2) is 5.43 Å². The van der Waals surface area contributed by atoms with E-state index in [9.17, 15) is 4.79 Å². The third-order valence-electron chi connectivity index (χ3n) is 2.70. The molecule has 22 heavy (non-hydrogen) atoms. The molecule has 0 radical (unpaired) electrons. The molecular formula is C16H15BrN2O3. The summed E-state index contributed by atoms with van der Waals surface area (Å²) in [6, 6.07) is 14.7. The van der Waals surface area contributed by atoms with Gasteiger partial charge in [0.25, 0.3) is 5.91 Å². The van der Waals surface area contributed by atoms with Gasteiger partial charge in [0.1, 0.15) is 11.5 Å². The topological polar surface area (TPSA) is 59.9 Å². The first kappa shape index (κ1) is 16.0. The standard InChI is InChI=1S/C16H15BrN2O3/c1-21-13-7-8-15(14(17)9-13)22-11-16(20)19-18-10-12-5-3-2-4-6-12/h2-10H,11H2,1H3,(H,19,20)/b18-10+. The lowest BCUT2D eigenvalue weighted by molar-refractivity contribution is -0.123. The first-order valence-corrected chi connectivity index (χ1v) is 7.31. The second-order valence-electron chi connectivity index (χ2n) is 4.29. The molecule has 0 fully saturated rings. The molecule has 1 N–H and O–H groups in total. The summed E-state index contributed by atoms with van der Waals surface area (Å²) in [5.74, 6) is 0.925. The first-order valence-electron chi connectivity index (χ1n) is 6.52. The lowest BCUT2D eigenvalue weighted by Gasteiger charge is -2.08. The van der Waals surface area contributed by atoms with Gasteiger partial charge in [-0.2, -0.15) is 5.10 Å². The number of halogens is 1. The van der Waals surface area contributed by atoms with E-state index in [1.54, 1.807) is 31.5 Å². The van der Waals surface area contributed by atoms with Crippen LogP contribution in [0.4, 0.5) is 0 Å². The number of amides is 1. The lowest BCUT2D eigenvalue weighted by atomic mass is 10.2. The number of rotatable bonds is 6. The van der Waals surface area contributed by atoms with E-state index < -0.39 is 0 Å². The molecule has 0 aliphatic heterocycles. The number of hydrogen-bond donors (Lipinski definition) is 1. The van der Waals surface area contributed by atoms with Crippen molar-refractivity contribution in [3.8, 4) is 11.5 Å². The van der Waals surface area contributed by atoms with Gasteiger partial charge >= 0.3 is 0 Å². The van der Waals surface area contributed by atoms with Crippen molar-refractivity contribution >= 4 is 28.1 Å². The van der Waals surface area contributed by atoms with Crippen molar-refractivity contribution in [1.29, 1.82) is 0 Å². The Labute approximate surface area is 137 Å². The second kappa shape index (κ2) is 8.19. The van der Waals surface area contributed by atoms with Crippen molar-refractivity contribution in [2.45, 2.75) is 0 Å². The van der Waals surface area contributed by atoms with Crippen LogP contribution in [0.15, 0.2) is 58.1 Å². The minimum atomic E-state index is -0.338. The SMILES string of the molecule is COc1ccc(OCC(=O)N/N=C/c2ccccc2)c(Br)c1. The molecule has 0 unspecified atom stereocenters. The molecule has 0 aromatic heterocycles. The van der Waals surface area contributed by atoms with Gasteiger partial charge in [-0.3, -0.25) is 4.79 Å². The predicted molar refractivity (Wildman–Crippen MR) is 88.4 cm³/mol. The summed E-state index contributed by atoms with van der Waals surface area (Å²) in [5.41, 5.74) is 3.31. The van der Waals surface area contributed by atoms with E-state index in [-0.39, 0.29) is 12.5 Å². The highest BCUT2D eigenvalue weighted by Gasteiger charge is 2.06. The fourth-order valence-corrected chi connectivity index (χ4v) is 2.09. The van der Waals surface area contributed by atoms with Crippen LogP contribution in [0.2, 0.25) is 0 Å². The summed E-state index contributed by atoms with van der Waals surface area (Å²) in [7, 11) is 1.58. The van der Waals surface area contributed by atoms with Crippen LogP contribution in [0.1, 0.15) is 5.56 Å². The van der Waals surface area contributed by atoms with E-state index in [1.807, 2.05) is 30.3 Å². The van der Waals surface area contributed by atoms with Crippen LogP contribution >= 0.6 is 15.9 Å². The molecule has 0 saturated carbocycles. The van der Waals surface area contributed by atoms with Gasteiger partial charge in [-0.15, -0.1) is 0 Å². The van der Waals surface area contributed by atoms with Crippen LogP contribution in [-0.4, -0.2) is 25.8 Å². The van der Waals surface area contributed by atoms with Gasteiger partial charge in [-0.1, -0.05) is 30.3 Å². The summed E-state index contributed by atoms with van der Waals surface area (Å²) in [6.45, 7) is -0.128. The Bertz CT molecular complexity index is 660. The Hall–Kier alpha value is -2.34. The van der Waals surface area contributed by atoms with Gasteiger partial charge in [-0.05, 0) is 39.7 Å². The van der Waals surface area contributed by atoms with Gasteiger partial charge in [0.15, 0.2) is 6.61 Å². The molecule has 0 heterocycles. The highest BCUT2D eigenvalue weighted by molar-refractivity contribution is 9.10. The monoisotopic (exact) mass is 362 g/mol. The van der Waals surface area contributed by atoms with Crippen molar-refractivity contribution in [2.75, 3.05) is 13.7 Å². The van der Waals surface area contributed by atoms with E-state index in [1.165, 1.54) is 0 Å². The molecule has 0 atom stereocenters. The highest BCUT2D eigenvalue weighted by atomic mass is 79.9. The summed E-state index contributed by atoms with van der Waals surface area (Å²) in [4.78, 5) is 11.7. The number of carbonyl (C=O) groups excluding carboxylic acids is 1. The van der Waals surface area contributed by atoms with Crippen LogP contribution in [0.5, 0.6) is 11.5 Å². The molecule has 2 aromatic carbocycles. The van der Waals surface area contributed by atoms with Crippen molar-refractivity contribution in [2.24, 2.45) is 5.10 Å². The molecule has 0 saturated heterocycles. The normalized spacial score (nSPS) is 10.5. The molecule has 0 spiro atoms. The van der Waals surface area contributed by atoms with Crippen molar-refractivity contribution in [3.63, 3.8) is 0 Å². The maximum absolute atomic E-state index is 11.7. The van der Waals surface area contributed by atoms with Crippen LogP contribution in [0.3, 0.4) is 0 Å². The van der Waals surface area contributed by atoms with E-state index in [2.05, 4.69) is 26.5 Å². The summed E-state index contributed by atoms with van der Waals surface area (Å²) in [5, 5.41) is 3.87. The van der Waals surface area contributed by atoms with E-state index in [0.29, 0.717) is 16.0 Å². The first-order chi connectivity index (χ1) is 10.7. The third-order valence-corrected chi connectivity index (χ3v) is 3.32. The lowest BCUT2D eigenvalue weighted by Crippen LogP contribution is -2.24. The molecule has 0 aliphatic carbocycles. The molecule has 6 heteroatoms. The van der Waals surface area contributed by atoms with Crippen LogP contribution in [0.25, 0.3) is 0 Å². The largest absolute Gasteiger partial charge is 0.497 e.